The van der Waals surface area contributed by atoms with Gasteiger partial charge in [0.15, 0.2) is 17.3 Å². The summed E-state index contributed by atoms with van der Waals surface area (Å²) in [5.74, 6) is 1.55. The van der Waals surface area contributed by atoms with Crippen LogP contribution in [0, 0.1) is 6.92 Å². The number of nitrogens with zero attached hydrogens (tertiary/aromatic N) is 1. The molecule has 0 saturated carbocycles. The van der Waals surface area contributed by atoms with Crippen LogP contribution in [-0.4, -0.2) is 24.1 Å². The zero-order valence-electron chi connectivity index (χ0n) is 16.4. The lowest BCUT2D eigenvalue weighted by Gasteiger charge is -2.19. The molecule has 3 heterocycles. The topological polar surface area (TPSA) is 73.6 Å². The van der Waals surface area contributed by atoms with E-state index in [4.69, 9.17) is 25.5 Å². The lowest BCUT2D eigenvalue weighted by atomic mass is 10.1. The van der Waals surface area contributed by atoms with Crippen LogP contribution < -0.4 is 14.8 Å². The Morgan fingerprint density at radius 3 is 2.77 bits per heavy atom. The Balaban J connectivity index is 1.45. The number of benzene rings is 2. The highest BCUT2D eigenvalue weighted by atomic mass is 35.5. The molecule has 1 aliphatic rings. The van der Waals surface area contributed by atoms with Gasteiger partial charge < -0.3 is 19.2 Å². The highest BCUT2D eigenvalue weighted by Gasteiger charge is 2.23. The number of carbonyl (C=O) groups excluding carboxylic acids is 1. The largest absolute Gasteiger partial charge is 0.486 e. The first-order valence-corrected chi connectivity index (χ1v) is 11.8. The van der Waals surface area contributed by atoms with E-state index in [1.54, 1.807) is 35.2 Å². The zero-order valence-corrected chi connectivity index (χ0v) is 18.8. The summed E-state index contributed by atoms with van der Waals surface area (Å²) in [5, 5.41) is 6.13. The maximum absolute atomic E-state index is 13.2. The molecule has 2 aromatic heterocycles. The Bertz CT molecular complexity index is 1280. The molecule has 0 atom stereocenters. The number of hydrogen-bond acceptors (Lipinski definition) is 7. The number of para-hydroxylation sites is 1. The molecular weight excluding hydrogens is 456 g/mol. The number of halogens is 1. The first-order chi connectivity index (χ1) is 15.1. The highest BCUT2D eigenvalue weighted by Crippen LogP contribution is 2.39. The minimum absolute atomic E-state index is 0.257. The van der Waals surface area contributed by atoms with E-state index in [0.29, 0.717) is 46.8 Å². The molecule has 0 bridgehead atoms. The molecule has 0 fully saturated rings. The summed E-state index contributed by atoms with van der Waals surface area (Å²) in [6.45, 7) is 2.88. The summed E-state index contributed by atoms with van der Waals surface area (Å²) in [6.07, 6.45) is 0. The number of amides is 1. The van der Waals surface area contributed by atoms with E-state index in [1.165, 1.54) is 0 Å². The highest BCUT2D eigenvalue weighted by molar-refractivity contribution is 8.00. The van der Waals surface area contributed by atoms with Crippen molar-refractivity contribution in [1.82, 2.24) is 4.98 Å². The molecule has 6 nitrogen and oxygen atoms in total. The van der Waals surface area contributed by atoms with Gasteiger partial charge in [0.2, 0.25) is 0 Å². The lowest BCUT2D eigenvalue weighted by molar-refractivity contribution is 0.0997. The lowest BCUT2D eigenvalue weighted by Crippen LogP contribution is -2.17. The van der Waals surface area contributed by atoms with E-state index >= 15 is 0 Å². The van der Waals surface area contributed by atoms with Crippen LogP contribution in [0.4, 0.5) is 5.69 Å². The zero-order chi connectivity index (χ0) is 21.4. The van der Waals surface area contributed by atoms with Gasteiger partial charge in [-0.3, -0.25) is 4.79 Å². The Labute approximate surface area is 191 Å². The smallest absolute Gasteiger partial charge is 0.291 e. The Morgan fingerprint density at radius 2 is 2.00 bits per heavy atom. The average molecular weight is 473 g/mol. The van der Waals surface area contributed by atoms with Crippen LogP contribution in [0.15, 0.2) is 50.5 Å². The minimum atomic E-state index is -0.374. The number of carbonyl (C=O) groups is 1. The number of hydrogen-bond donors (Lipinski definition) is 1. The first-order valence-electron chi connectivity index (χ1n) is 9.54. The molecule has 31 heavy (non-hydrogen) atoms. The summed E-state index contributed by atoms with van der Waals surface area (Å²) < 4.78 is 18.0. The van der Waals surface area contributed by atoms with Crippen LogP contribution in [0.3, 0.4) is 0 Å². The van der Waals surface area contributed by atoms with Crippen LogP contribution in [0.2, 0.25) is 5.02 Å². The Kier molecular flexibility index (Phi) is 5.52. The number of aromatic nitrogens is 1. The van der Waals surface area contributed by atoms with E-state index in [9.17, 15) is 4.79 Å². The van der Waals surface area contributed by atoms with Gasteiger partial charge in [-0.2, -0.15) is 0 Å². The number of thioether (sulfide) groups is 1. The van der Waals surface area contributed by atoms with E-state index < -0.39 is 0 Å². The summed E-state index contributed by atoms with van der Waals surface area (Å²) in [6, 6.07) is 10.9. The molecule has 4 aromatic rings. The molecule has 5 rings (SSSR count). The van der Waals surface area contributed by atoms with Crippen molar-refractivity contribution in [2.45, 2.75) is 17.0 Å². The number of fused-ring (bicyclic) bond motifs is 2. The van der Waals surface area contributed by atoms with E-state index in [2.05, 4.69) is 10.3 Å². The van der Waals surface area contributed by atoms with Gasteiger partial charge in [0, 0.05) is 39.9 Å². The molecule has 0 spiro atoms. The van der Waals surface area contributed by atoms with Crippen molar-refractivity contribution in [3.05, 3.63) is 63.8 Å². The van der Waals surface area contributed by atoms with Crippen LogP contribution in [-0.2, 0) is 5.75 Å². The number of thiazole rings is 1. The van der Waals surface area contributed by atoms with Crippen LogP contribution >= 0.6 is 34.7 Å². The van der Waals surface area contributed by atoms with Gasteiger partial charge in [-0.25, -0.2) is 4.98 Å². The minimum Gasteiger partial charge on any atom is -0.486 e. The quantitative estimate of drug-likeness (QED) is 0.350. The fraction of sp³-hybridized carbons (Fsp3) is 0.182. The van der Waals surface area contributed by atoms with Crippen LogP contribution in [0.5, 0.6) is 11.5 Å². The normalized spacial score (nSPS) is 12.8. The second-order valence-corrected chi connectivity index (χ2v) is 9.37. The SMILES string of the molecule is Cc1csc(SCc2c(C(=O)Nc3cc4c(cc3Cl)OCCO4)oc3ccccc23)n1. The van der Waals surface area contributed by atoms with E-state index in [-0.39, 0.29) is 11.7 Å². The Morgan fingerprint density at radius 1 is 1.23 bits per heavy atom. The number of anilines is 1. The van der Waals surface area contributed by atoms with Gasteiger partial charge in [0.05, 0.1) is 10.7 Å². The summed E-state index contributed by atoms with van der Waals surface area (Å²) >= 11 is 9.53. The van der Waals surface area contributed by atoms with Crippen molar-refractivity contribution in [3.63, 3.8) is 0 Å². The monoisotopic (exact) mass is 472 g/mol. The molecule has 0 aliphatic carbocycles. The summed E-state index contributed by atoms with van der Waals surface area (Å²) in [7, 11) is 0. The summed E-state index contributed by atoms with van der Waals surface area (Å²) in [4.78, 5) is 17.7. The fourth-order valence-electron chi connectivity index (χ4n) is 3.30. The number of rotatable bonds is 5. The van der Waals surface area contributed by atoms with Gasteiger partial charge in [0.1, 0.15) is 23.1 Å². The molecule has 0 radical (unpaired) electrons. The average Bonchev–Trinajstić information content (AvgIpc) is 3.36. The van der Waals surface area contributed by atoms with Gasteiger partial charge in [-0.1, -0.05) is 41.6 Å². The second-order valence-electron chi connectivity index (χ2n) is 6.88. The molecule has 1 aliphatic heterocycles. The third-order valence-corrected chi connectivity index (χ3v) is 7.20. The predicted octanol–water partition coefficient (Wildman–Crippen LogP) is 6.17. The predicted molar refractivity (Wildman–Crippen MR) is 123 cm³/mol. The molecule has 1 amide bonds. The molecule has 9 heteroatoms. The number of ether oxygens (including phenoxy) is 2. The standard InChI is InChI=1S/C22H17ClN2O4S2/c1-12-10-30-22(24-12)31-11-14-13-4-2-3-5-17(13)29-20(14)21(26)25-16-9-19-18(8-15(16)23)27-6-7-28-19/h2-5,8-10H,6-7,11H2,1H3,(H,25,26). The summed E-state index contributed by atoms with van der Waals surface area (Å²) in [5.41, 5.74) is 2.90. The number of aryl methyl sites for hydroxylation is 1. The second kappa shape index (κ2) is 8.45. The molecule has 0 saturated heterocycles. The number of furan rings is 1. The van der Waals surface area contributed by atoms with E-state index in [0.717, 1.165) is 21.0 Å². The maximum Gasteiger partial charge on any atom is 0.291 e. The van der Waals surface area contributed by atoms with Crippen molar-refractivity contribution in [2.24, 2.45) is 0 Å². The molecule has 2 aromatic carbocycles. The van der Waals surface area contributed by atoms with Gasteiger partial charge in [0.25, 0.3) is 5.91 Å². The third-order valence-electron chi connectivity index (χ3n) is 4.72. The van der Waals surface area contributed by atoms with Crippen molar-refractivity contribution in [1.29, 1.82) is 0 Å². The third kappa shape index (κ3) is 4.11. The maximum atomic E-state index is 13.2. The van der Waals surface area contributed by atoms with Gasteiger partial charge >= 0.3 is 0 Å². The molecule has 158 valence electrons. The van der Waals surface area contributed by atoms with Crippen molar-refractivity contribution in [3.8, 4) is 11.5 Å². The van der Waals surface area contributed by atoms with Crippen molar-refractivity contribution >= 4 is 57.3 Å². The van der Waals surface area contributed by atoms with Crippen LogP contribution in [0.1, 0.15) is 21.8 Å². The molecule has 1 N–H and O–H groups in total. The van der Waals surface area contributed by atoms with Gasteiger partial charge in [-0.15, -0.1) is 11.3 Å². The molecule has 0 unspecified atom stereocenters. The molecular formula is C22H17ClN2O4S2. The van der Waals surface area contributed by atoms with Gasteiger partial charge in [-0.05, 0) is 13.0 Å². The van der Waals surface area contributed by atoms with Crippen LogP contribution in [0.25, 0.3) is 11.0 Å². The van der Waals surface area contributed by atoms with Crippen molar-refractivity contribution < 1.29 is 18.7 Å². The Hall–Kier alpha value is -2.68. The number of nitrogens with one attached hydrogen (secondary N) is 1. The first kappa shape index (κ1) is 20.2. The fourth-order valence-corrected chi connectivity index (χ4v) is 5.37. The van der Waals surface area contributed by atoms with Crippen molar-refractivity contribution in [2.75, 3.05) is 18.5 Å². The van der Waals surface area contributed by atoms with E-state index in [1.807, 2.05) is 36.6 Å².